The van der Waals surface area contributed by atoms with E-state index in [0.29, 0.717) is 31.0 Å². The number of aromatic nitrogens is 2. The second kappa shape index (κ2) is 6.38. The van der Waals surface area contributed by atoms with Crippen molar-refractivity contribution >= 4 is 22.6 Å². The number of anilines is 1. The predicted octanol–water partition coefficient (Wildman–Crippen LogP) is 1.03. The Morgan fingerprint density at radius 1 is 1.50 bits per heavy atom. The summed E-state index contributed by atoms with van der Waals surface area (Å²) in [5.41, 5.74) is 7.98. The van der Waals surface area contributed by atoms with E-state index in [-0.39, 0.29) is 12.5 Å². The minimum absolute atomic E-state index is 0.00744. The smallest absolute Gasteiger partial charge is 0.221 e. The Balaban J connectivity index is 2.18. The van der Waals surface area contributed by atoms with Crippen LogP contribution in [0.15, 0.2) is 18.2 Å². The lowest BCUT2D eigenvalue weighted by atomic mass is 10.2. The number of hydrogen-bond acceptors (Lipinski definition) is 4. The van der Waals surface area contributed by atoms with Gasteiger partial charge in [0.15, 0.2) is 0 Å². The van der Waals surface area contributed by atoms with Crippen molar-refractivity contribution in [3.63, 3.8) is 0 Å². The van der Waals surface area contributed by atoms with Crippen LogP contribution in [0.4, 0.5) is 5.69 Å². The molecule has 0 saturated heterocycles. The maximum absolute atomic E-state index is 11.7. The molecule has 0 saturated carbocycles. The quantitative estimate of drug-likeness (QED) is 0.687. The Bertz CT molecular complexity index is 606. The second-order valence-electron chi connectivity index (χ2n) is 4.69. The Hall–Kier alpha value is -2.08. The van der Waals surface area contributed by atoms with Gasteiger partial charge in [0, 0.05) is 25.2 Å². The lowest BCUT2D eigenvalue weighted by molar-refractivity contribution is -0.121. The zero-order valence-electron chi connectivity index (χ0n) is 11.6. The lowest BCUT2D eigenvalue weighted by Gasteiger charge is -2.08. The number of amides is 1. The van der Waals surface area contributed by atoms with Gasteiger partial charge >= 0.3 is 0 Å². The van der Waals surface area contributed by atoms with Crippen molar-refractivity contribution < 1.29 is 9.90 Å². The van der Waals surface area contributed by atoms with Crippen LogP contribution in [0.5, 0.6) is 0 Å². The highest BCUT2D eigenvalue weighted by atomic mass is 16.3. The van der Waals surface area contributed by atoms with E-state index in [1.165, 1.54) is 0 Å². The van der Waals surface area contributed by atoms with E-state index in [4.69, 9.17) is 5.73 Å². The number of hydrogen-bond donors (Lipinski definition) is 3. The fourth-order valence-electron chi connectivity index (χ4n) is 2.13. The van der Waals surface area contributed by atoms with E-state index in [0.717, 1.165) is 17.5 Å². The molecule has 6 nitrogen and oxygen atoms in total. The van der Waals surface area contributed by atoms with Crippen LogP contribution in [-0.2, 0) is 17.9 Å². The highest BCUT2D eigenvalue weighted by Crippen LogP contribution is 2.19. The summed E-state index contributed by atoms with van der Waals surface area (Å²) in [5, 5.41) is 12.2. The molecule has 1 aromatic carbocycles. The van der Waals surface area contributed by atoms with Gasteiger partial charge in [-0.1, -0.05) is 6.92 Å². The van der Waals surface area contributed by atoms with Crippen molar-refractivity contribution in [2.45, 2.75) is 32.9 Å². The average Bonchev–Trinajstić information content (AvgIpc) is 2.79. The molecule has 4 N–H and O–H groups in total. The van der Waals surface area contributed by atoms with Crippen molar-refractivity contribution in [2.75, 3.05) is 12.3 Å². The molecule has 0 spiro atoms. The van der Waals surface area contributed by atoms with Gasteiger partial charge in [-0.3, -0.25) is 4.79 Å². The first-order valence-electron chi connectivity index (χ1n) is 6.78. The molecular weight excluding hydrogens is 256 g/mol. The minimum Gasteiger partial charge on any atom is -0.399 e. The summed E-state index contributed by atoms with van der Waals surface area (Å²) in [5.74, 6) is 0.557. The van der Waals surface area contributed by atoms with Gasteiger partial charge in [0.1, 0.15) is 12.4 Å². The van der Waals surface area contributed by atoms with E-state index in [1.54, 1.807) is 12.1 Å². The van der Waals surface area contributed by atoms with Gasteiger partial charge in [-0.15, -0.1) is 0 Å². The van der Waals surface area contributed by atoms with Crippen LogP contribution in [0.1, 0.15) is 25.6 Å². The normalized spacial score (nSPS) is 10.9. The second-order valence-corrected chi connectivity index (χ2v) is 4.69. The van der Waals surface area contributed by atoms with Crippen molar-refractivity contribution in [1.29, 1.82) is 0 Å². The molecule has 0 bridgehead atoms. The molecule has 0 aliphatic rings. The molecule has 0 unspecified atom stereocenters. The van der Waals surface area contributed by atoms with Crippen molar-refractivity contribution in [3.8, 4) is 0 Å². The fraction of sp³-hybridized carbons (Fsp3) is 0.429. The molecule has 1 heterocycles. The topological polar surface area (TPSA) is 93.2 Å². The number of nitrogens with two attached hydrogens (primary N) is 1. The summed E-state index contributed by atoms with van der Waals surface area (Å²) in [7, 11) is 0. The Morgan fingerprint density at radius 3 is 3.00 bits per heavy atom. The third-order valence-electron chi connectivity index (χ3n) is 3.13. The number of carbonyl (C=O) groups excluding carboxylic acids is 1. The molecule has 108 valence electrons. The summed E-state index contributed by atoms with van der Waals surface area (Å²) in [4.78, 5) is 16.0. The van der Waals surface area contributed by atoms with E-state index < -0.39 is 0 Å². The molecule has 0 atom stereocenters. The maximum Gasteiger partial charge on any atom is 0.221 e. The maximum atomic E-state index is 11.7. The van der Waals surface area contributed by atoms with Gasteiger partial charge in [-0.2, -0.15) is 0 Å². The van der Waals surface area contributed by atoms with Crippen LogP contribution < -0.4 is 11.1 Å². The molecular formula is C14H20N4O2. The zero-order valence-corrected chi connectivity index (χ0v) is 11.6. The monoisotopic (exact) mass is 276 g/mol. The first-order valence-corrected chi connectivity index (χ1v) is 6.78. The Morgan fingerprint density at radius 2 is 2.30 bits per heavy atom. The third kappa shape index (κ3) is 3.08. The highest BCUT2D eigenvalue weighted by molar-refractivity contribution is 5.80. The van der Waals surface area contributed by atoms with Crippen LogP contribution in [0, 0.1) is 0 Å². The number of nitrogens with one attached hydrogen (secondary N) is 1. The molecule has 0 fully saturated rings. The standard InChI is InChI=1S/C14H20N4O2/c1-2-6-16-14(20)5-7-18-12-4-3-10(15)8-11(12)17-13(18)9-19/h3-4,8,19H,2,5-7,9,15H2,1H3,(H,16,20). The molecule has 2 rings (SSSR count). The van der Waals surface area contributed by atoms with Gasteiger partial charge in [-0.05, 0) is 24.6 Å². The lowest BCUT2D eigenvalue weighted by Crippen LogP contribution is -2.25. The number of nitrogens with zero attached hydrogens (tertiary/aromatic N) is 2. The summed E-state index contributed by atoms with van der Waals surface area (Å²) in [6, 6.07) is 5.42. The summed E-state index contributed by atoms with van der Waals surface area (Å²) >= 11 is 0. The third-order valence-corrected chi connectivity index (χ3v) is 3.13. The van der Waals surface area contributed by atoms with E-state index >= 15 is 0 Å². The van der Waals surface area contributed by atoms with Gasteiger partial charge in [0.25, 0.3) is 0 Å². The van der Waals surface area contributed by atoms with Crippen molar-refractivity contribution in [2.24, 2.45) is 0 Å². The molecule has 6 heteroatoms. The number of imidazole rings is 1. The van der Waals surface area contributed by atoms with Gasteiger partial charge < -0.3 is 20.7 Å². The van der Waals surface area contributed by atoms with E-state index in [1.807, 2.05) is 17.6 Å². The SMILES string of the molecule is CCCNC(=O)CCn1c(CO)nc2cc(N)ccc21. The number of aliphatic hydroxyl groups excluding tert-OH is 1. The first kappa shape index (κ1) is 14.3. The van der Waals surface area contributed by atoms with Crippen molar-refractivity contribution in [1.82, 2.24) is 14.9 Å². The van der Waals surface area contributed by atoms with Gasteiger partial charge in [-0.25, -0.2) is 4.98 Å². The summed E-state index contributed by atoms with van der Waals surface area (Å²) < 4.78 is 1.86. The van der Waals surface area contributed by atoms with Crippen LogP contribution in [0.2, 0.25) is 0 Å². The zero-order chi connectivity index (χ0) is 14.5. The van der Waals surface area contributed by atoms with Crippen molar-refractivity contribution in [3.05, 3.63) is 24.0 Å². The average molecular weight is 276 g/mol. The molecule has 1 aromatic heterocycles. The number of aliphatic hydroxyl groups is 1. The summed E-state index contributed by atoms with van der Waals surface area (Å²) in [6.45, 7) is 3.03. The molecule has 0 aliphatic carbocycles. The largest absolute Gasteiger partial charge is 0.399 e. The number of carbonyl (C=O) groups is 1. The molecule has 1 amide bonds. The molecule has 20 heavy (non-hydrogen) atoms. The van der Waals surface area contributed by atoms with E-state index in [2.05, 4.69) is 10.3 Å². The first-order chi connectivity index (χ1) is 9.65. The van der Waals surface area contributed by atoms with E-state index in [9.17, 15) is 9.90 Å². The minimum atomic E-state index is -0.162. The molecule has 2 aromatic rings. The predicted molar refractivity (Wildman–Crippen MR) is 78.0 cm³/mol. The number of nitrogen functional groups attached to an aromatic ring is 1. The van der Waals surface area contributed by atoms with Crippen LogP contribution in [0.25, 0.3) is 11.0 Å². The number of benzene rings is 1. The van der Waals surface area contributed by atoms with Gasteiger partial charge in [0.2, 0.25) is 5.91 Å². The van der Waals surface area contributed by atoms with Crippen LogP contribution >= 0.6 is 0 Å². The van der Waals surface area contributed by atoms with Crippen LogP contribution in [0.3, 0.4) is 0 Å². The number of fused-ring (bicyclic) bond motifs is 1. The number of aryl methyl sites for hydroxylation is 1. The summed E-state index contributed by atoms with van der Waals surface area (Å²) in [6.07, 6.45) is 1.28. The number of rotatable bonds is 6. The Labute approximate surface area is 117 Å². The fourth-order valence-corrected chi connectivity index (χ4v) is 2.13. The molecule has 0 radical (unpaired) electrons. The van der Waals surface area contributed by atoms with Crippen LogP contribution in [-0.4, -0.2) is 27.1 Å². The Kier molecular flexibility index (Phi) is 4.57. The highest BCUT2D eigenvalue weighted by Gasteiger charge is 2.11. The van der Waals surface area contributed by atoms with Gasteiger partial charge in [0.05, 0.1) is 11.0 Å². The molecule has 0 aliphatic heterocycles.